The zero-order valence-corrected chi connectivity index (χ0v) is 13.4. The highest BCUT2D eigenvalue weighted by Crippen LogP contribution is 2.19. The van der Waals surface area contributed by atoms with Gasteiger partial charge in [0.1, 0.15) is 12.1 Å². The minimum atomic E-state index is 0.0303. The van der Waals surface area contributed by atoms with E-state index in [4.69, 9.17) is 11.6 Å². The summed E-state index contributed by atoms with van der Waals surface area (Å²) < 4.78 is 1.98. The predicted molar refractivity (Wildman–Crippen MR) is 82.4 cm³/mol. The first kappa shape index (κ1) is 15.0. The maximum atomic E-state index is 6.23. The number of pyridine rings is 1. The third-order valence-corrected chi connectivity index (χ3v) is 3.53. The normalized spacial score (nSPS) is 11.9. The number of imidazole rings is 1. The number of halogens is 1. The SMILES string of the molecule is Cc1ncn(-c2ccc(Cl)c(CNC(C)(C)C)n2)c1C. The molecule has 2 aromatic rings. The number of aryl methyl sites for hydroxylation is 1. The highest BCUT2D eigenvalue weighted by Gasteiger charge is 2.12. The molecule has 0 saturated carbocycles. The van der Waals surface area contributed by atoms with Gasteiger partial charge >= 0.3 is 0 Å². The average molecular weight is 293 g/mol. The molecule has 0 saturated heterocycles. The fraction of sp³-hybridized carbons (Fsp3) is 0.467. The fourth-order valence-electron chi connectivity index (χ4n) is 1.81. The minimum absolute atomic E-state index is 0.0303. The summed E-state index contributed by atoms with van der Waals surface area (Å²) in [6.07, 6.45) is 1.79. The maximum Gasteiger partial charge on any atom is 0.138 e. The van der Waals surface area contributed by atoms with E-state index >= 15 is 0 Å². The molecule has 0 unspecified atom stereocenters. The lowest BCUT2D eigenvalue weighted by Crippen LogP contribution is -2.35. The lowest BCUT2D eigenvalue weighted by molar-refractivity contribution is 0.421. The Kier molecular flexibility index (Phi) is 4.16. The van der Waals surface area contributed by atoms with E-state index in [1.807, 2.05) is 30.5 Å². The summed E-state index contributed by atoms with van der Waals surface area (Å²) in [5, 5.41) is 4.09. The number of nitrogens with zero attached hydrogens (tertiary/aromatic N) is 3. The second-order valence-corrected chi connectivity index (χ2v) is 6.39. The first-order chi connectivity index (χ1) is 9.28. The molecule has 0 aromatic carbocycles. The van der Waals surface area contributed by atoms with Crippen LogP contribution in [0, 0.1) is 13.8 Å². The van der Waals surface area contributed by atoms with E-state index < -0.39 is 0 Å². The number of aromatic nitrogens is 3. The Morgan fingerprint density at radius 3 is 2.50 bits per heavy atom. The molecular formula is C15H21ClN4. The zero-order valence-electron chi connectivity index (χ0n) is 12.7. The van der Waals surface area contributed by atoms with Crippen molar-refractivity contribution < 1.29 is 0 Å². The molecule has 0 radical (unpaired) electrons. The van der Waals surface area contributed by atoms with E-state index in [0.717, 1.165) is 22.9 Å². The van der Waals surface area contributed by atoms with E-state index in [1.54, 1.807) is 6.33 Å². The first-order valence-electron chi connectivity index (χ1n) is 6.69. The van der Waals surface area contributed by atoms with Crippen LogP contribution in [-0.4, -0.2) is 20.1 Å². The molecule has 108 valence electrons. The topological polar surface area (TPSA) is 42.7 Å². The molecule has 0 aliphatic heterocycles. The summed E-state index contributed by atoms with van der Waals surface area (Å²) >= 11 is 6.23. The Morgan fingerprint density at radius 1 is 1.25 bits per heavy atom. The molecule has 0 fully saturated rings. The second kappa shape index (κ2) is 5.54. The number of nitrogens with one attached hydrogen (secondary N) is 1. The van der Waals surface area contributed by atoms with Gasteiger partial charge in [0.05, 0.1) is 16.4 Å². The standard InChI is InChI=1S/C15H21ClN4/c1-10-11(2)20(9-17-10)14-7-6-12(16)13(19-14)8-18-15(3,4)5/h6-7,9,18H,8H2,1-5H3. The van der Waals surface area contributed by atoms with Crippen molar-refractivity contribution in [1.29, 1.82) is 0 Å². The Morgan fingerprint density at radius 2 is 1.95 bits per heavy atom. The molecule has 20 heavy (non-hydrogen) atoms. The summed E-state index contributed by atoms with van der Waals surface area (Å²) in [6.45, 7) is 11.0. The number of hydrogen-bond donors (Lipinski definition) is 1. The van der Waals surface area contributed by atoms with Crippen molar-refractivity contribution in [2.24, 2.45) is 0 Å². The van der Waals surface area contributed by atoms with Crippen LogP contribution in [0.3, 0.4) is 0 Å². The molecule has 0 spiro atoms. The summed E-state index contributed by atoms with van der Waals surface area (Å²) in [7, 11) is 0. The van der Waals surface area contributed by atoms with E-state index in [-0.39, 0.29) is 5.54 Å². The monoisotopic (exact) mass is 292 g/mol. The molecule has 5 heteroatoms. The quantitative estimate of drug-likeness (QED) is 0.942. The average Bonchev–Trinajstić information content (AvgIpc) is 2.68. The van der Waals surface area contributed by atoms with Gasteiger partial charge < -0.3 is 5.32 Å². The van der Waals surface area contributed by atoms with Crippen molar-refractivity contribution >= 4 is 11.6 Å². The van der Waals surface area contributed by atoms with Gasteiger partial charge in [-0.25, -0.2) is 9.97 Å². The van der Waals surface area contributed by atoms with Gasteiger partial charge in [0.25, 0.3) is 0 Å². The highest BCUT2D eigenvalue weighted by molar-refractivity contribution is 6.31. The number of rotatable bonds is 3. The van der Waals surface area contributed by atoms with Gasteiger partial charge in [0, 0.05) is 17.8 Å². The molecule has 0 atom stereocenters. The Bertz CT molecular complexity index is 611. The van der Waals surface area contributed by atoms with E-state index in [0.29, 0.717) is 11.6 Å². The summed E-state index contributed by atoms with van der Waals surface area (Å²) in [4.78, 5) is 8.95. The smallest absolute Gasteiger partial charge is 0.138 e. The van der Waals surface area contributed by atoms with Crippen molar-refractivity contribution in [2.45, 2.75) is 46.7 Å². The Labute approximate surface area is 125 Å². The third kappa shape index (κ3) is 3.38. The fourth-order valence-corrected chi connectivity index (χ4v) is 1.98. The van der Waals surface area contributed by atoms with Crippen LogP contribution in [0.5, 0.6) is 0 Å². The van der Waals surface area contributed by atoms with Crippen molar-refractivity contribution in [3.05, 3.63) is 40.6 Å². The van der Waals surface area contributed by atoms with E-state index in [9.17, 15) is 0 Å². The molecule has 0 bridgehead atoms. The van der Waals surface area contributed by atoms with Crippen LogP contribution in [0.4, 0.5) is 0 Å². The van der Waals surface area contributed by atoms with Crippen LogP contribution in [-0.2, 0) is 6.54 Å². The molecule has 1 N–H and O–H groups in total. The molecule has 0 aliphatic carbocycles. The Balaban J connectivity index is 2.31. The molecule has 2 heterocycles. The Hall–Kier alpha value is -1.39. The molecule has 2 rings (SSSR count). The van der Waals surface area contributed by atoms with Crippen molar-refractivity contribution in [2.75, 3.05) is 0 Å². The molecule has 0 amide bonds. The van der Waals surface area contributed by atoms with Gasteiger partial charge in [-0.2, -0.15) is 0 Å². The minimum Gasteiger partial charge on any atom is -0.306 e. The van der Waals surface area contributed by atoms with Crippen molar-refractivity contribution in [1.82, 2.24) is 19.9 Å². The van der Waals surface area contributed by atoms with Crippen LogP contribution in [0.25, 0.3) is 5.82 Å². The van der Waals surface area contributed by atoms with Gasteiger partial charge in [0.15, 0.2) is 0 Å². The van der Waals surface area contributed by atoms with E-state index in [2.05, 4.69) is 36.1 Å². The van der Waals surface area contributed by atoms with Crippen molar-refractivity contribution in [3.8, 4) is 5.82 Å². The highest BCUT2D eigenvalue weighted by atomic mass is 35.5. The molecule has 2 aromatic heterocycles. The van der Waals surface area contributed by atoms with Gasteiger partial charge in [-0.3, -0.25) is 4.57 Å². The summed E-state index contributed by atoms with van der Waals surface area (Å²) in [6, 6.07) is 3.80. The van der Waals surface area contributed by atoms with Gasteiger partial charge in [-0.1, -0.05) is 11.6 Å². The van der Waals surface area contributed by atoms with E-state index in [1.165, 1.54) is 0 Å². The molecule has 0 aliphatic rings. The largest absolute Gasteiger partial charge is 0.306 e. The van der Waals surface area contributed by atoms with Gasteiger partial charge in [-0.15, -0.1) is 0 Å². The summed E-state index contributed by atoms with van der Waals surface area (Å²) in [5.41, 5.74) is 2.98. The molecular weight excluding hydrogens is 272 g/mol. The summed E-state index contributed by atoms with van der Waals surface area (Å²) in [5.74, 6) is 0.846. The second-order valence-electron chi connectivity index (χ2n) is 5.99. The van der Waals surface area contributed by atoms with Crippen LogP contribution in [0.1, 0.15) is 37.9 Å². The van der Waals surface area contributed by atoms with Crippen molar-refractivity contribution in [3.63, 3.8) is 0 Å². The van der Waals surface area contributed by atoms with Gasteiger partial charge in [0.2, 0.25) is 0 Å². The number of hydrogen-bond acceptors (Lipinski definition) is 3. The zero-order chi connectivity index (χ0) is 14.9. The molecule has 4 nitrogen and oxygen atoms in total. The van der Waals surface area contributed by atoms with Crippen LogP contribution in [0.2, 0.25) is 5.02 Å². The lowest BCUT2D eigenvalue weighted by atomic mass is 10.1. The third-order valence-electron chi connectivity index (χ3n) is 3.19. The predicted octanol–water partition coefficient (Wildman–Crippen LogP) is 3.43. The van der Waals surface area contributed by atoms with Crippen LogP contribution >= 0.6 is 11.6 Å². The van der Waals surface area contributed by atoms with Gasteiger partial charge in [-0.05, 0) is 46.8 Å². The van der Waals surface area contributed by atoms with Crippen LogP contribution < -0.4 is 5.32 Å². The first-order valence-corrected chi connectivity index (χ1v) is 7.07. The maximum absolute atomic E-state index is 6.23. The lowest BCUT2D eigenvalue weighted by Gasteiger charge is -2.20. The van der Waals surface area contributed by atoms with Crippen LogP contribution in [0.15, 0.2) is 18.5 Å².